The second-order valence-electron chi connectivity index (χ2n) is 3.55. The summed E-state index contributed by atoms with van der Waals surface area (Å²) in [6.45, 7) is 7.52. The first kappa shape index (κ1) is 12.7. The molecule has 2 aliphatic carbocycles. The van der Waals surface area contributed by atoms with Gasteiger partial charge in [0.2, 0.25) is 0 Å². The molecular weight excluding hydrogens is 200 g/mol. The first-order valence-corrected chi connectivity index (χ1v) is 5.31. The fourth-order valence-corrected chi connectivity index (χ4v) is 2.18. The van der Waals surface area contributed by atoms with Crippen LogP contribution in [0.25, 0.3) is 0 Å². The maximum atomic E-state index is 10.00. The fraction of sp³-hybridized carbons (Fsp3) is 0.286. The van der Waals surface area contributed by atoms with Crippen LogP contribution >= 0.6 is 0 Å². The minimum atomic E-state index is -0.493. The lowest BCUT2D eigenvalue weighted by Crippen LogP contribution is -2.08. The standard InChI is InChI=1S/C13H14O.CH4O/c1-3-9-10(4-2)13(14)12-8-6-5-7-11(9)12;1-2/h3-4,6,8,13-14H,1-2,5,7H2;2H,1H3. The number of hydrogen-bond donors (Lipinski definition) is 2. The van der Waals surface area contributed by atoms with E-state index in [1.807, 2.05) is 12.2 Å². The Morgan fingerprint density at radius 1 is 1.31 bits per heavy atom. The van der Waals surface area contributed by atoms with Crippen molar-refractivity contribution in [3.63, 3.8) is 0 Å². The smallest absolute Gasteiger partial charge is 0.105 e. The Morgan fingerprint density at radius 3 is 2.56 bits per heavy atom. The first-order chi connectivity index (χ1) is 7.79. The number of aliphatic hydroxyl groups excluding tert-OH is 2. The van der Waals surface area contributed by atoms with Gasteiger partial charge in [0.25, 0.3) is 0 Å². The Bertz CT molecular complexity index is 384. The molecule has 86 valence electrons. The van der Waals surface area contributed by atoms with Crippen molar-refractivity contribution in [3.05, 3.63) is 59.8 Å². The van der Waals surface area contributed by atoms with Crippen molar-refractivity contribution in [2.75, 3.05) is 7.11 Å². The number of allylic oxidation sites excluding steroid dienone is 4. The van der Waals surface area contributed by atoms with Crippen LogP contribution in [0.3, 0.4) is 0 Å². The number of hydrogen-bond acceptors (Lipinski definition) is 2. The van der Waals surface area contributed by atoms with Gasteiger partial charge in [-0.15, -0.1) is 0 Å². The van der Waals surface area contributed by atoms with Crippen molar-refractivity contribution in [2.24, 2.45) is 0 Å². The molecule has 0 bridgehead atoms. The molecule has 2 nitrogen and oxygen atoms in total. The zero-order chi connectivity index (χ0) is 12.1. The molecule has 0 fully saturated rings. The zero-order valence-corrected chi connectivity index (χ0v) is 9.61. The fourth-order valence-electron chi connectivity index (χ4n) is 2.18. The van der Waals surface area contributed by atoms with Crippen LogP contribution in [0.5, 0.6) is 0 Å². The summed E-state index contributed by atoms with van der Waals surface area (Å²) in [7, 11) is 1.00. The largest absolute Gasteiger partial charge is 0.400 e. The Morgan fingerprint density at radius 2 is 2.00 bits per heavy atom. The normalized spacial score (nSPS) is 22.6. The molecule has 2 N–H and O–H groups in total. The van der Waals surface area contributed by atoms with Crippen molar-refractivity contribution in [3.8, 4) is 0 Å². The topological polar surface area (TPSA) is 40.5 Å². The highest BCUT2D eigenvalue weighted by Crippen LogP contribution is 2.39. The van der Waals surface area contributed by atoms with Crippen molar-refractivity contribution in [1.29, 1.82) is 0 Å². The monoisotopic (exact) mass is 218 g/mol. The molecule has 2 aliphatic rings. The van der Waals surface area contributed by atoms with Crippen LogP contribution in [0, 0.1) is 0 Å². The third-order valence-electron chi connectivity index (χ3n) is 2.86. The molecule has 0 heterocycles. The van der Waals surface area contributed by atoms with Crippen LogP contribution in [-0.4, -0.2) is 23.4 Å². The molecule has 0 saturated carbocycles. The second-order valence-corrected chi connectivity index (χ2v) is 3.55. The van der Waals surface area contributed by atoms with Crippen molar-refractivity contribution in [2.45, 2.75) is 18.9 Å². The molecule has 1 unspecified atom stereocenters. The summed E-state index contributed by atoms with van der Waals surface area (Å²) in [4.78, 5) is 0. The molecule has 0 amide bonds. The molecule has 0 radical (unpaired) electrons. The molecule has 0 aromatic carbocycles. The van der Waals surface area contributed by atoms with E-state index in [-0.39, 0.29) is 0 Å². The lowest BCUT2D eigenvalue weighted by Gasteiger charge is -2.11. The third-order valence-corrected chi connectivity index (χ3v) is 2.86. The van der Waals surface area contributed by atoms with E-state index in [0.29, 0.717) is 0 Å². The van der Waals surface area contributed by atoms with E-state index in [0.717, 1.165) is 36.7 Å². The van der Waals surface area contributed by atoms with Gasteiger partial charge in [-0.2, -0.15) is 0 Å². The Balaban J connectivity index is 0.000000606. The molecule has 0 aromatic rings. The summed E-state index contributed by atoms with van der Waals surface area (Å²) in [5, 5.41) is 17.0. The van der Waals surface area contributed by atoms with Gasteiger partial charge in [-0.1, -0.05) is 37.5 Å². The molecule has 16 heavy (non-hydrogen) atoms. The van der Waals surface area contributed by atoms with Crippen LogP contribution in [0.2, 0.25) is 0 Å². The van der Waals surface area contributed by atoms with Gasteiger partial charge in [0.15, 0.2) is 0 Å². The van der Waals surface area contributed by atoms with Gasteiger partial charge in [-0.25, -0.2) is 0 Å². The maximum absolute atomic E-state index is 10.00. The molecule has 1 atom stereocenters. The van der Waals surface area contributed by atoms with Crippen LogP contribution in [-0.2, 0) is 0 Å². The first-order valence-electron chi connectivity index (χ1n) is 5.31. The van der Waals surface area contributed by atoms with Gasteiger partial charge in [0.05, 0.1) is 0 Å². The highest BCUT2D eigenvalue weighted by molar-refractivity contribution is 5.62. The summed E-state index contributed by atoms with van der Waals surface area (Å²) in [5.41, 5.74) is 4.24. The molecule has 0 aliphatic heterocycles. The van der Waals surface area contributed by atoms with Crippen molar-refractivity contribution < 1.29 is 10.2 Å². The number of rotatable bonds is 2. The molecule has 0 spiro atoms. The minimum absolute atomic E-state index is 0.493. The summed E-state index contributed by atoms with van der Waals surface area (Å²) < 4.78 is 0. The van der Waals surface area contributed by atoms with Crippen LogP contribution in [0.1, 0.15) is 12.8 Å². The van der Waals surface area contributed by atoms with Gasteiger partial charge >= 0.3 is 0 Å². The predicted octanol–water partition coefficient (Wildman–Crippen LogP) is 2.28. The highest BCUT2D eigenvalue weighted by Gasteiger charge is 2.28. The average Bonchev–Trinajstić information content (AvgIpc) is 2.64. The van der Waals surface area contributed by atoms with E-state index in [1.165, 1.54) is 5.57 Å². The Hall–Kier alpha value is -1.38. The minimum Gasteiger partial charge on any atom is -0.400 e. The van der Waals surface area contributed by atoms with Gasteiger partial charge in [-0.05, 0) is 35.1 Å². The Labute approximate surface area is 96.6 Å². The molecule has 2 heteroatoms. The average molecular weight is 218 g/mol. The summed E-state index contributed by atoms with van der Waals surface area (Å²) in [5.74, 6) is 0. The van der Waals surface area contributed by atoms with Gasteiger partial charge in [0.1, 0.15) is 6.10 Å². The van der Waals surface area contributed by atoms with E-state index >= 15 is 0 Å². The molecule has 2 rings (SSSR count). The predicted molar refractivity (Wildman–Crippen MR) is 67.0 cm³/mol. The molecular formula is C14H18O2. The summed E-state index contributed by atoms with van der Waals surface area (Å²) in [6.07, 6.45) is 9.23. The summed E-state index contributed by atoms with van der Waals surface area (Å²) >= 11 is 0. The highest BCUT2D eigenvalue weighted by atomic mass is 16.3. The zero-order valence-electron chi connectivity index (χ0n) is 9.61. The lowest BCUT2D eigenvalue weighted by molar-refractivity contribution is 0.256. The van der Waals surface area contributed by atoms with Crippen LogP contribution in [0.4, 0.5) is 0 Å². The van der Waals surface area contributed by atoms with E-state index in [1.54, 1.807) is 6.08 Å². The lowest BCUT2D eigenvalue weighted by atomic mass is 9.95. The SMILES string of the molecule is C=CC1=C(C=C)C(O)C2=C1CCC=C2.CO. The van der Waals surface area contributed by atoms with E-state index in [9.17, 15) is 5.11 Å². The third kappa shape index (κ3) is 1.94. The number of aliphatic hydroxyl groups is 2. The van der Waals surface area contributed by atoms with E-state index in [2.05, 4.69) is 19.2 Å². The molecule has 0 aromatic heterocycles. The second kappa shape index (κ2) is 5.64. The van der Waals surface area contributed by atoms with Gasteiger partial charge in [0, 0.05) is 7.11 Å². The summed E-state index contributed by atoms with van der Waals surface area (Å²) in [6, 6.07) is 0. The van der Waals surface area contributed by atoms with Gasteiger partial charge < -0.3 is 10.2 Å². The quantitative estimate of drug-likeness (QED) is 0.746. The Kier molecular flexibility index (Phi) is 4.47. The van der Waals surface area contributed by atoms with Crippen LogP contribution in [0.15, 0.2) is 59.8 Å². The van der Waals surface area contributed by atoms with Crippen LogP contribution < -0.4 is 0 Å². The van der Waals surface area contributed by atoms with Crippen molar-refractivity contribution in [1.82, 2.24) is 0 Å². The maximum Gasteiger partial charge on any atom is 0.105 e. The van der Waals surface area contributed by atoms with Gasteiger partial charge in [-0.3, -0.25) is 0 Å². The van der Waals surface area contributed by atoms with E-state index < -0.39 is 6.10 Å². The van der Waals surface area contributed by atoms with Crippen molar-refractivity contribution >= 4 is 0 Å². The van der Waals surface area contributed by atoms with E-state index in [4.69, 9.17) is 5.11 Å². The molecule has 0 saturated heterocycles.